The average Bonchev–Trinajstić information content (AvgIpc) is 1.98. The van der Waals surface area contributed by atoms with E-state index in [-0.39, 0.29) is 5.78 Å². The zero-order valence-electron chi connectivity index (χ0n) is 7.73. The highest BCUT2D eigenvalue weighted by molar-refractivity contribution is 5.93. The van der Waals surface area contributed by atoms with Crippen LogP contribution in [-0.4, -0.2) is 12.4 Å². The first-order chi connectivity index (χ1) is 5.13. The van der Waals surface area contributed by atoms with Crippen LogP contribution < -0.4 is 0 Å². The second-order valence-corrected chi connectivity index (χ2v) is 2.39. The van der Waals surface area contributed by atoms with Crippen molar-refractivity contribution in [2.45, 2.75) is 34.1 Å². The third kappa shape index (κ3) is 3.21. The fourth-order valence-electron chi connectivity index (χ4n) is 0.846. The van der Waals surface area contributed by atoms with Gasteiger partial charge in [0, 0.05) is 12.0 Å². The molecule has 0 aliphatic heterocycles. The SMILES string of the molecule is CCO/C(CC)=C(\C)C(C)=O. The number of ketones is 1. The van der Waals surface area contributed by atoms with Crippen LogP contribution in [0.25, 0.3) is 0 Å². The third-order valence-corrected chi connectivity index (χ3v) is 1.59. The second kappa shape index (κ2) is 4.94. The topological polar surface area (TPSA) is 26.3 Å². The monoisotopic (exact) mass is 156 g/mol. The molecule has 64 valence electrons. The van der Waals surface area contributed by atoms with Crippen molar-refractivity contribution in [3.63, 3.8) is 0 Å². The molecule has 0 saturated heterocycles. The van der Waals surface area contributed by atoms with Crippen LogP contribution in [0, 0.1) is 0 Å². The van der Waals surface area contributed by atoms with Gasteiger partial charge in [0.15, 0.2) is 5.78 Å². The Bertz CT molecular complexity index is 168. The van der Waals surface area contributed by atoms with Crippen molar-refractivity contribution in [1.82, 2.24) is 0 Å². The van der Waals surface area contributed by atoms with Gasteiger partial charge in [-0.1, -0.05) is 6.92 Å². The molecule has 0 aliphatic carbocycles. The maximum atomic E-state index is 10.9. The largest absolute Gasteiger partial charge is 0.498 e. The van der Waals surface area contributed by atoms with Crippen LogP contribution in [0.5, 0.6) is 0 Å². The zero-order chi connectivity index (χ0) is 8.85. The van der Waals surface area contributed by atoms with Crippen LogP contribution in [0.15, 0.2) is 11.3 Å². The van der Waals surface area contributed by atoms with E-state index >= 15 is 0 Å². The molecule has 0 N–H and O–H groups in total. The maximum Gasteiger partial charge on any atom is 0.158 e. The van der Waals surface area contributed by atoms with Gasteiger partial charge in [0.25, 0.3) is 0 Å². The van der Waals surface area contributed by atoms with Crippen LogP contribution in [0.2, 0.25) is 0 Å². The van der Waals surface area contributed by atoms with E-state index in [0.717, 1.165) is 17.8 Å². The summed E-state index contributed by atoms with van der Waals surface area (Å²) in [7, 11) is 0. The Morgan fingerprint density at radius 1 is 1.27 bits per heavy atom. The number of hydrogen-bond donors (Lipinski definition) is 0. The van der Waals surface area contributed by atoms with Gasteiger partial charge >= 0.3 is 0 Å². The Morgan fingerprint density at radius 2 is 1.82 bits per heavy atom. The van der Waals surface area contributed by atoms with E-state index in [1.165, 1.54) is 0 Å². The van der Waals surface area contributed by atoms with E-state index in [2.05, 4.69) is 0 Å². The van der Waals surface area contributed by atoms with E-state index in [0.29, 0.717) is 6.61 Å². The van der Waals surface area contributed by atoms with Gasteiger partial charge in [-0.25, -0.2) is 0 Å². The Balaban J connectivity index is 4.39. The highest BCUT2D eigenvalue weighted by atomic mass is 16.5. The molecule has 2 heteroatoms. The molecule has 0 rings (SSSR count). The molecule has 2 nitrogen and oxygen atoms in total. The molecule has 0 aromatic heterocycles. The van der Waals surface area contributed by atoms with E-state index in [1.54, 1.807) is 13.8 Å². The Morgan fingerprint density at radius 3 is 2.09 bits per heavy atom. The molecule has 0 saturated carbocycles. The molecule has 0 fully saturated rings. The zero-order valence-corrected chi connectivity index (χ0v) is 7.73. The highest BCUT2D eigenvalue weighted by Gasteiger charge is 2.04. The number of carbonyl (C=O) groups is 1. The number of ether oxygens (including phenoxy) is 1. The van der Waals surface area contributed by atoms with Crippen LogP contribution >= 0.6 is 0 Å². The quantitative estimate of drug-likeness (QED) is 0.461. The van der Waals surface area contributed by atoms with Gasteiger partial charge in [-0.3, -0.25) is 4.79 Å². The normalized spacial score (nSPS) is 12.4. The molecule has 0 unspecified atom stereocenters. The minimum absolute atomic E-state index is 0.0929. The molecule has 0 atom stereocenters. The maximum absolute atomic E-state index is 10.9. The molecule has 0 amide bonds. The van der Waals surface area contributed by atoms with Crippen LogP contribution in [0.1, 0.15) is 34.1 Å². The van der Waals surface area contributed by atoms with E-state index < -0.39 is 0 Å². The minimum atomic E-state index is 0.0929. The van der Waals surface area contributed by atoms with Crippen molar-refractivity contribution in [2.24, 2.45) is 0 Å². The summed E-state index contributed by atoms with van der Waals surface area (Å²) in [5.74, 6) is 0.912. The lowest BCUT2D eigenvalue weighted by Gasteiger charge is -2.08. The van der Waals surface area contributed by atoms with Crippen molar-refractivity contribution in [2.75, 3.05) is 6.61 Å². The number of carbonyl (C=O) groups excluding carboxylic acids is 1. The third-order valence-electron chi connectivity index (χ3n) is 1.59. The van der Waals surface area contributed by atoms with Gasteiger partial charge in [-0.15, -0.1) is 0 Å². The number of allylic oxidation sites excluding steroid dienone is 2. The summed E-state index contributed by atoms with van der Waals surface area (Å²) in [6, 6.07) is 0. The first kappa shape index (κ1) is 10.2. The first-order valence-corrected chi connectivity index (χ1v) is 3.96. The van der Waals surface area contributed by atoms with Crippen molar-refractivity contribution >= 4 is 5.78 Å². The second-order valence-electron chi connectivity index (χ2n) is 2.39. The van der Waals surface area contributed by atoms with Crippen molar-refractivity contribution in [1.29, 1.82) is 0 Å². The molecule has 0 spiro atoms. The van der Waals surface area contributed by atoms with Crippen LogP contribution in [-0.2, 0) is 9.53 Å². The fourth-order valence-corrected chi connectivity index (χ4v) is 0.846. The van der Waals surface area contributed by atoms with Gasteiger partial charge in [0.2, 0.25) is 0 Å². The predicted molar refractivity (Wildman–Crippen MR) is 45.3 cm³/mol. The summed E-state index contributed by atoms with van der Waals surface area (Å²) in [4.78, 5) is 10.9. The number of Topliss-reactive ketones (excluding diaryl/α,β-unsaturated/α-hetero) is 1. The Hall–Kier alpha value is -0.790. The molecular weight excluding hydrogens is 140 g/mol. The summed E-state index contributed by atoms with van der Waals surface area (Å²) in [6.07, 6.45) is 0.791. The molecule has 0 aliphatic rings. The lowest BCUT2D eigenvalue weighted by Crippen LogP contribution is -2.00. The van der Waals surface area contributed by atoms with E-state index in [1.807, 2.05) is 13.8 Å². The Kier molecular flexibility index (Phi) is 4.59. The Labute approximate surface area is 68.2 Å². The lowest BCUT2D eigenvalue weighted by atomic mass is 10.1. The molecule has 0 bridgehead atoms. The van der Waals surface area contributed by atoms with Crippen molar-refractivity contribution < 1.29 is 9.53 Å². The number of hydrogen-bond acceptors (Lipinski definition) is 2. The average molecular weight is 156 g/mol. The van der Waals surface area contributed by atoms with Crippen LogP contribution in [0.3, 0.4) is 0 Å². The summed E-state index contributed by atoms with van der Waals surface area (Å²) in [5, 5.41) is 0. The molecule has 0 aromatic rings. The van der Waals surface area contributed by atoms with Gasteiger partial charge in [0.1, 0.15) is 5.76 Å². The van der Waals surface area contributed by atoms with Gasteiger partial charge in [-0.2, -0.15) is 0 Å². The van der Waals surface area contributed by atoms with Crippen LogP contribution in [0.4, 0.5) is 0 Å². The van der Waals surface area contributed by atoms with Gasteiger partial charge in [0.05, 0.1) is 6.61 Å². The summed E-state index contributed by atoms with van der Waals surface area (Å²) in [6.45, 7) is 7.90. The molecule has 11 heavy (non-hydrogen) atoms. The molecule has 0 heterocycles. The first-order valence-electron chi connectivity index (χ1n) is 3.96. The summed E-state index contributed by atoms with van der Waals surface area (Å²) < 4.78 is 5.27. The van der Waals surface area contributed by atoms with E-state index in [9.17, 15) is 4.79 Å². The van der Waals surface area contributed by atoms with E-state index in [4.69, 9.17) is 4.74 Å². The fraction of sp³-hybridized carbons (Fsp3) is 0.667. The minimum Gasteiger partial charge on any atom is -0.498 e. The highest BCUT2D eigenvalue weighted by Crippen LogP contribution is 2.10. The van der Waals surface area contributed by atoms with Gasteiger partial charge < -0.3 is 4.74 Å². The lowest BCUT2D eigenvalue weighted by molar-refractivity contribution is -0.113. The summed E-state index contributed by atoms with van der Waals surface area (Å²) >= 11 is 0. The molecule has 0 aromatic carbocycles. The molecule has 0 radical (unpaired) electrons. The van der Waals surface area contributed by atoms with Crippen molar-refractivity contribution in [3.05, 3.63) is 11.3 Å². The number of rotatable bonds is 4. The smallest absolute Gasteiger partial charge is 0.158 e. The van der Waals surface area contributed by atoms with Gasteiger partial charge in [-0.05, 0) is 20.8 Å². The summed E-state index contributed by atoms with van der Waals surface area (Å²) in [5.41, 5.74) is 0.745. The predicted octanol–water partition coefficient (Wildman–Crippen LogP) is 2.30. The molecular formula is C9H16O2. The van der Waals surface area contributed by atoms with Crippen molar-refractivity contribution in [3.8, 4) is 0 Å². The standard InChI is InChI=1S/C9H16O2/c1-5-9(11-6-2)7(3)8(4)10/h5-6H2,1-4H3/b9-7+.